The first-order valence-corrected chi connectivity index (χ1v) is 12.4. The molecule has 38 heavy (non-hydrogen) atoms. The number of alkyl halides is 2. The number of nitrogens with one attached hydrogen (secondary N) is 2. The molecule has 4 aromatic rings. The molecule has 2 aromatic heterocycles. The summed E-state index contributed by atoms with van der Waals surface area (Å²) in [5.41, 5.74) is 11.4. The molecule has 200 valence electrons. The highest BCUT2D eigenvalue weighted by Crippen LogP contribution is 2.40. The Labute approximate surface area is 219 Å². The van der Waals surface area contributed by atoms with Crippen LogP contribution in [0, 0.1) is 0 Å². The zero-order valence-electron chi connectivity index (χ0n) is 21.6. The van der Waals surface area contributed by atoms with Crippen LogP contribution in [0.5, 0.6) is 11.5 Å². The predicted molar refractivity (Wildman–Crippen MR) is 146 cm³/mol. The van der Waals surface area contributed by atoms with Crippen molar-refractivity contribution in [2.45, 2.75) is 26.0 Å². The molecule has 5 rings (SSSR count). The van der Waals surface area contributed by atoms with Crippen molar-refractivity contribution >= 4 is 33.9 Å². The van der Waals surface area contributed by atoms with Crippen molar-refractivity contribution in [3.8, 4) is 22.8 Å². The summed E-state index contributed by atoms with van der Waals surface area (Å²) in [6.07, 6.45) is 5.19. The van der Waals surface area contributed by atoms with E-state index in [0.717, 1.165) is 42.5 Å². The van der Waals surface area contributed by atoms with Gasteiger partial charge >= 0.3 is 6.61 Å². The van der Waals surface area contributed by atoms with Gasteiger partial charge in [0.25, 0.3) is 0 Å². The number of anilines is 4. The molecule has 1 aliphatic rings. The number of ether oxygens (including phenoxy) is 2. The van der Waals surface area contributed by atoms with E-state index in [0.29, 0.717) is 29.2 Å². The lowest BCUT2D eigenvalue weighted by molar-refractivity contribution is -0.0498. The molecule has 0 aliphatic carbocycles. The number of rotatable bonds is 10. The molecule has 3 heterocycles. The number of aryl methyl sites for hydroxylation is 2. The van der Waals surface area contributed by atoms with Crippen molar-refractivity contribution in [3.63, 3.8) is 0 Å². The van der Waals surface area contributed by atoms with Crippen LogP contribution in [0.15, 0.2) is 42.7 Å². The van der Waals surface area contributed by atoms with Crippen LogP contribution in [0.4, 0.5) is 31.8 Å². The van der Waals surface area contributed by atoms with Gasteiger partial charge in [0.05, 0.1) is 35.9 Å². The van der Waals surface area contributed by atoms with Crippen LogP contribution in [-0.2, 0) is 13.0 Å². The maximum absolute atomic E-state index is 13.3. The maximum Gasteiger partial charge on any atom is 0.387 e. The molecule has 0 saturated carbocycles. The molecule has 0 atom stereocenters. The minimum absolute atomic E-state index is 0.0961. The van der Waals surface area contributed by atoms with Gasteiger partial charge in [-0.25, -0.2) is 9.97 Å². The standard InChI is InChI=1S/C27H31F2N7O2/c1-35(2)11-9-31-20-13-22(37-3)21(12-19(20)30)33-27-32-14-23(38-26(28)29)24(34-27)18-15-36-10-5-7-16-6-4-8-17(18)25(16)36/h4,6,8,12-15,26,31H,5,7,9-11,30H2,1-3H3,(H,32,33,34). The zero-order valence-corrected chi connectivity index (χ0v) is 21.6. The van der Waals surface area contributed by atoms with Crippen LogP contribution in [0.25, 0.3) is 22.2 Å². The quantitative estimate of drug-likeness (QED) is 0.251. The lowest BCUT2D eigenvalue weighted by Gasteiger charge is -2.17. The third kappa shape index (κ3) is 5.14. The summed E-state index contributed by atoms with van der Waals surface area (Å²) in [4.78, 5) is 10.9. The van der Waals surface area contributed by atoms with Crippen molar-refractivity contribution in [2.24, 2.45) is 0 Å². The van der Waals surface area contributed by atoms with E-state index in [1.165, 1.54) is 11.8 Å². The molecule has 0 saturated heterocycles. The Morgan fingerprint density at radius 2 is 2.03 bits per heavy atom. The van der Waals surface area contributed by atoms with Gasteiger partial charge in [0.15, 0.2) is 5.75 Å². The van der Waals surface area contributed by atoms with Gasteiger partial charge in [-0.1, -0.05) is 18.2 Å². The fourth-order valence-electron chi connectivity index (χ4n) is 4.80. The number of hydrogen-bond acceptors (Lipinski definition) is 8. The van der Waals surface area contributed by atoms with Crippen molar-refractivity contribution in [2.75, 3.05) is 50.7 Å². The van der Waals surface area contributed by atoms with Crippen LogP contribution in [0.3, 0.4) is 0 Å². The molecular weight excluding hydrogens is 492 g/mol. The molecule has 0 amide bonds. The SMILES string of the molecule is COc1cc(NCCN(C)C)c(N)cc1Nc1ncc(OC(F)F)c(-c2cn3c4c(cccc24)CCC3)n1. The second-order valence-electron chi connectivity index (χ2n) is 9.43. The average Bonchev–Trinajstić information content (AvgIpc) is 3.26. The van der Waals surface area contributed by atoms with Gasteiger partial charge in [-0.15, -0.1) is 0 Å². The summed E-state index contributed by atoms with van der Waals surface area (Å²) in [6.45, 7) is -0.618. The first kappa shape index (κ1) is 25.5. The molecule has 0 fully saturated rings. The molecule has 0 unspecified atom stereocenters. The first-order chi connectivity index (χ1) is 18.3. The zero-order chi connectivity index (χ0) is 26.8. The minimum Gasteiger partial charge on any atom is -0.494 e. The number of nitrogens with two attached hydrogens (primary N) is 1. The van der Waals surface area contributed by atoms with Crippen molar-refractivity contribution in [3.05, 3.63) is 48.3 Å². The van der Waals surface area contributed by atoms with E-state index in [-0.39, 0.29) is 17.4 Å². The van der Waals surface area contributed by atoms with Crippen molar-refractivity contribution < 1.29 is 18.3 Å². The number of benzene rings is 2. The maximum atomic E-state index is 13.3. The fraction of sp³-hybridized carbons (Fsp3) is 0.333. The topological polar surface area (TPSA) is 102 Å². The monoisotopic (exact) mass is 523 g/mol. The number of para-hydroxylation sites is 1. The van der Waals surface area contributed by atoms with Crippen LogP contribution in [0.1, 0.15) is 12.0 Å². The van der Waals surface area contributed by atoms with Gasteiger partial charge < -0.3 is 35.3 Å². The van der Waals surface area contributed by atoms with Gasteiger partial charge in [-0.05, 0) is 38.6 Å². The average molecular weight is 524 g/mol. The normalized spacial score (nSPS) is 12.8. The van der Waals surface area contributed by atoms with Gasteiger partial charge in [0.1, 0.15) is 11.4 Å². The van der Waals surface area contributed by atoms with Crippen molar-refractivity contribution in [1.29, 1.82) is 0 Å². The molecular formula is C27H31F2N7O2. The first-order valence-electron chi connectivity index (χ1n) is 12.4. The van der Waals surface area contributed by atoms with Crippen molar-refractivity contribution in [1.82, 2.24) is 19.4 Å². The van der Waals surface area contributed by atoms with E-state index in [1.54, 1.807) is 19.2 Å². The number of nitrogen functional groups attached to an aromatic ring is 1. The summed E-state index contributed by atoms with van der Waals surface area (Å²) < 4.78 is 39.1. The molecule has 0 bridgehead atoms. The Kier molecular flexibility index (Phi) is 7.19. The highest BCUT2D eigenvalue weighted by atomic mass is 19.3. The number of halogens is 2. The van der Waals surface area contributed by atoms with Crippen LogP contribution in [-0.4, -0.2) is 60.3 Å². The fourth-order valence-corrected chi connectivity index (χ4v) is 4.80. The van der Waals surface area contributed by atoms with Crippen LogP contribution >= 0.6 is 0 Å². The lowest BCUT2D eigenvalue weighted by Crippen LogP contribution is -2.21. The Balaban J connectivity index is 1.52. The second-order valence-corrected chi connectivity index (χ2v) is 9.43. The Morgan fingerprint density at radius 1 is 1.18 bits per heavy atom. The molecule has 2 aromatic carbocycles. The lowest BCUT2D eigenvalue weighted by atomic mass is 10.0. The molecule has 11 heteroatoms. The van der Waals surface area contributed by atoms with Crippen LogP contribution < -0.4 is 25.8 Å². The number of methoxy groups -OCH3 is 1. The van der Waals surface area contributed by atoms with Gasteiger partial charge in [-0.3, -0.25) is 0 Å². The van der Waals surface area contributed by atoms with E-state index in [9.17, 15) is 8.78 Å². The molecule has 0 spiro atoms. The number of hydrogen-bond donors (Lipinski definition) is 3. The summed E-state index contributed by atoms with van der Waals surface area (Å²) in [7, 11) is 5.55. The van der Waals surface area contributed by atoms with Gasteiger partial charge in [-0.2, -0.15) is 8.78 Å². The number of aromatic nitrogens is 3. The summed E-state index contributed by atoms with van der Waals surface area (Å²) >= 11 is 0. The third-order valence-electron chi connectivity index (χ3n) is 6.55. The van der Waals surface area contributed by atoms with Gasteiger partial charge in [0, 0.05) is 42.8 Å². The second kappa shape index (κ2) is 10.7. The minimum atomic E-state index is -3.01. The Morgan fingerprint density at radius 3 is 2.79 bits per heavy atom. The molecule has 1 aliphatic heterocycles. The highest BCUT2D eigenvalue weighted by molar-refractivity contribution is 5.98. The number of nitrogens with zero attached hydrogens (tertiary/aromatic N) is 4. The molecule has 9 nitrogen and oxygen atoms in total. The number of likely N-dealkylation sites (N-methyl/N-ethyl adjacent to an activating group) is 1. The molecule has 0 radical (unpaired) electrons. The molecule has 4 N–H and O–H groups in total. The van der Waals surface area contributed by atoms with E-state index in [2.05, 4.69) is 36.1 Å². The van der Waals surface area contributed by atoms with E-state index in [1.807, 2.05) is 32.4 Å². The largest absolute Gasteiger partial charge is 0.494 e. The Hall–Kier alpha value is -4.12. The van der Waals surface area contributed by atoms with E-state index >= 15 is 0 Å². The third-order valence-corrected chi connectivity index (χ3v) is 6.55. The van der Waals surface area contributed by atoms with Gasteiger partial charge in [0.2, 0.25) is 5.95 Å². The summed E-state index contributed by atoms with van der Waals surface area (Å²) in [5.74, 6) is 0.623. The summed E-state index contributed by atoms with van der Waals surface area (Å²) in [6, 6.07) is 9.58. The van der Waals surface area contributed by atoms with Crippen LogP contribution in [0.2, 0.25) is 0 Å². The highest BCUT2D eigenvalue weighted by Gasteiger charge is 2.22. The van der Waals surface area contributed by atoms with E-state index < -0.39 is 6.61 Å². The predicted octanol–water partition coefficient (Wildman–Crippen LogP) is 4.95. The Bertz CT molecular complexity index is 1460. The van der Waals surface area contributed by atoms with E-state index in [4.69, 9.17) is 15.2 Å². The summed E-state index contributed by atoms with van der Waals surface area (Å²) in [5, 5.41) is 7.37. The smallest absolute Gasteiger partial charge is 0.387 e.